The molecule has 1 atom stereocenters. The molecule has 146 valence electrons. The number of aromatic nitrogens is 3. The number of rotatable bonds is 5. The summed E-state index contributed by atoms with van der Waals surface area (Å²) in [6, 6.07) is 8.79. The first-order valence-electron chi connectivity index (χ1n) is 10.0. The zero-order chi connectivity index (χ0) is 18.8. The maximum atomic E-state index is 5.84. The zero-order valence-corrected chi connectivity index (χ0v) is 17.2. The van der Waals surface area contributed by atoms with Gasteiger partial charge in [0.2, 0.25) is 10.7 Å². The molecule has 0 radical (unpaired) electrons. The van der Waals surface area contributed by atoms with Crippen molar-refractivity contribution in [3.8, 4) is 0 Å². The minimum atomic E-state index is 0.531. The summed E-state index contributed by atoms with van der Waals surface area (Å²) in [5, 5.41) is 4.96. The van der Waals surface area contributed by atoms with E-state index in [-0.39, 0.29) is 0 Å². The Morgan fingerprint density at radius 1 is 1.19 bits per heavy atom. The lowest BCUT2D eigenvalue weighted by Crippen LogP contribution is -3.11. The molecule has 2 aromatic rings. The predicted molar refractivity (Wildman–Crippen MR) is 109 cm³/mol. The van der Waals surface area contributed by atoms with Crippen LogP contribution in [0.3, 0.4) is 0 Å². The Balaban J connectivity index is 1.57. The van der Waals surface area contributed by atoms with Crippen LogP contribution < -0.4 is 9.80 Å². The number of anilines is 1. The highest BCUT2D eigenvalue weighted by Crippen LogP contribution is 2.17. The summed E-state index contributed by atoms with van der Waals surface area (Å²) in [7, 11) is 0. The minimum Gasteiger partial charge on any atom is -0.378 e. The lowest BCUT2D eigenvalue weighted by atomic mass is 10.0. The quantitative estimate of drug-likeness (QED) is 0.788. The number of hydrogen-bond acceptors (Lipinski definition) is 4. The Morgan fingerprint density at radius 3 is 2.67 bits per heavy atom. The normalized spacial score (nSPS) is 20.1. The van der Waals surface area contributed by atoms with E-state index in [0.717, 1.165) is 69.7 Å². The van der Waals surface area contributed by atoms with Gasteiger partial charge in [-0.3, -0.25) is 4.57 Å². The van der Waals surface area contributed by atoms with Gasteiger partial charge in [0.15, 0.2) is 6.67 Å². The second-order valence-corrected chi connectivity index (χ2v) is 8.40. The van der Waals surface area contributed by atoms with Crippen molar-refractivity contribution >= 4 is 18.2 Å². The van der Waals surface area contributed by atoms with Gasteiger partial charge >= 0.3 is 0 Å². The van der Waals surface area contributed by atoms with Crippen LogP contribution in [0.1, 0.15) is 25.0 Å². The number of nitrogens with zero attached hydrogens (tertiary/aromatic N) is 4. The Kier molecular flexibility index (Phi) is 5.61. The molecule has 2 aliphatic heterocycles. The molecule has 7 heteroatoms. The SMILES string of the molecule is CC(C)Cn1c(N2CCOCC2)nn(C[NH+]2CCc3ccccc3C2)c1=S. The summed E-state index contributed by atoms with van der Waals surface area (Å²) in [5.41, 5.74) is 2.95. The van der Waals surface area contributed by atoms with Crippen LogP contribution in [0.2, 0.25) is 0 Å². The van der Waals surface area contributed by atoms with Crippen molar-refractivity contribution in [2.45, 2.75) is 40.0 Å². The highest BCUT2D eigenvalue weighted by Gasteiger charge is 2.24. The number of hydrogen-bond donors (Lipinski definition) is 1. The van der Waals surface area contributed by atoms with Gasteiger partial charge in [0.1, 0.15) is 6.54 Å². The van der Waals surface area contributed by atoms with Gasteiger partial charge in [-0.05, 0) is 23.7 Å². The number of quaternary nitrogens is 1. The van der Waals surface area contributed by atoms with Gasteiger partial charge in [-0.2, -0.15) is 4.68 Å². The summed E-state index contributed by atoms with van der Waals surface area (Å²) in [5.74, 6) is 1.54. The summed E-state index contributed by atoms with van der Waals surface area (Å²) in [6.07, 6.45) is 1.13. The number of fused-ring (bicyclic) bond motifs is 1. The van der Waals surface area contributed by atoms with Crippen LogP contribution in [0.25, 0.3) is 0 Å². The molecule has 6 nitrogen and oxygen atoms in total. The highest BCUT2D eigenvalue weighted by atomic mass is 32.1. The molecule has 1 aromatic heterocycles. The summed E-state index contributed by atoms with van der Waals surface area (Å²) in [4.78, 5) is 3.84. The second kappa shape index (κ2) is 8.12. The molecule has 0 saturated carbocycles. The van der Waals surface area contributed by atoms with E-state index in [2.05, 4.69) is 47.6 Å². The second-order valence-electron chi connectivity index (χ2n) is 8.04. The highest BCUT2D eigenvalue weighted by molar-refractivity contribution is 7.71. The molecule has 0 spiro atoms. The standard InChI is InChI=1S/C20H29N5OS/c1-16(2)13-24-19(23-9-11-26-12-10-23)21-25(20(24)27)15-22-8-7-17-5-3-4-6-18(17)14-22/h3-6,16H,7-15H2,1-2H3/p+1. The molecule has 3 heterocycles. The number of morpholine rings is 1. The predicted octanol–water partition coefficient (Wildman–Crippen LogP) is 1.51. The van der Waals surface area contributed by atoms with Crippen LogP contribution in [0.15, 0.2) is 24.3 Å². The molecular formula is C20H30N5OS+. The van der Waals surface area contributed by atoms with Gasteiger partial charge in [-0.25, -0.2) is 0 Å². The van der Waals surface area contributed by atoms with Crippen LogP contribution in [-0.2, 0) is 30.9 Å². The van der Waals surface area contributed by atoms with E-state index < -0.39 is 0 Å². The summed E-state index contributed by atoms with van der Waals surface area (Å²) >= 11 is 5.84. The molecule has 1 fully saturated rings. The van der Waals surface area contributed by atoms with Gasteiger partial charge in [0, 0.05) is 31.6 Å². The van der Waals surface area contributed by atoms with Crippen molar-refractivity contribution in [2.24, 2.45) is 5.92 Å². The molecule has 27 heavy (non-hydrogen) atoms. The summed E-state index contributed by atoms with van der Waals surface area (Å²) in [6.45, 7) is 11.7. The van der Waals surface area contributed by atoms with Crippen molar-refractivity contribution in [3.63, 3.8) is 0 Å². The number of nitrogens with one attached hydrogen (secondary N) is 1. The molecule has 0 aliphatic carbocycles. The monoisotopic (exact) mass is 388 g/mol. The van der Waals surface area contributed by atoms with Crippen molar-refractivity contribution in [3.05, 3.63) is 40.2 Å². The Labute approximate surface area is 166 Å². The summed E-state index contributed by atoms with van der Waals surface area (Å²) < 4.78 is 10.6. The maximum absolute atomic E-state index is 5.84. The molecular weight excluding hydrogens is 358 g/mol. The lowest BCUT2D eigenvalue weighted by Gasteiger charge is -2.28. The van der Waals surface area contributed by atoms with Gasteiger partial charge < -0.3 is 14.5 Å². The average Bonchev–Trinajstić information content (AvgIpc) is 2.98. The fourth-order valence-corrected chi connectivity index (χ4v) is 4.31. The Morgan fingerprint density at radius 2 is 1.93 bits per heavy atom. The smallest absolute Gasteiger partial charge is 0.226 e. The van der Waals surface area contributed by atoms with Crippen LogP contribution in [0, 0.1) is 10.7 Å². The molecule has 1 N–H and O–H groups in total. The molecule has 2 aliphatic rings. The first-order chi connectivity index (χ1) is 13.1. The average molecular weight is 389 g/mol. The van der Waals surface area contributed by atoms with Crippen LogP contribution in [0.4, 0.5) is 5.95 Å². The van der Waals surface area contributed by atoms with Crippen molar-refractivity contribution in [1.29, 1.82) is 0 Å². The van der Waals surface area contributed by atoms with Crippen molar-refractivity contribution < 1.29 is 9.64 Å². The van der Waals surface area contributed by atoms with Crippen LogP contribution in [-0.4, -0.2) is 47.2 Å². The van der Waals surface area contributed by atoms with Gasteiger partial charge in [-0.1, -0.05) is 38.1 Å². The van der Waals surface area contributed by atoms with Crippen LogP contribution in [0.5, 0.6) is 0 Å². The molecule has 0 bridgehead atoms. The topological polar surface area (TPSA) is 39.7 Å². The molecule has 0 amide bonds. The molecule has 1 saturated heterocycles. The third kappa shape index (κ3) is 4.10. The van der Waals surface area contributed by atoms with E-state index in [1.165, 1.54) is 16.0 Å². The van der Waals surface area contributed by atoms with Gasteiger partial charge in [0.05, 0.1) is 19.8 Å². The molecule has 1 aromatic carbocycles. The van der Waals surface area contributed by atoms with Crippen molar-refractivity contribution in [1.82, 2.24) is 14.3 Å². The zero-order valence-electron chi connectivity index (χ0n) is 16.4. The van der Waals surface area contributed by atoms with Crippen molar-refractivity contribution in [2.75, 3.05) is 37.7 Å². The van der Waals surface area contributed by atoms with E-state index in [9.17, 15) is 0 Å². The van der Waals surface area contributed by atoms with E-state index in [4.69, 9.17) is 22.1 Å². The molecule has 4 rings (SSSR count). The van der Waals surface area contributed by atoms with E-state index >= 15 is 0 Å². The van der Waals surface area contributed by atoms with E-state index in [1.54, 1.807) is 0 Å². The largest absolute Gasteiger partial charge is 0.378 e. The Hall–Kier alpha value is -1.70. The first kappa shape index (κ1) is 18.7. The van der Waals surface area contributed by atoms with Gasteiger partial charge in [-0.15, -0.1) is 5.10 Å². The number of benzene rings is 1. The fraction of sp³-hybridized carbons (Fsp3) is 0.600. The lowest BCUT2D eigenvalue weighted by molar-refractivity contribution is -0.939. The first-order valence-corrected chi connectivity index (χ1v) is 10.4. The number of ether oxygens (including phenoxy) is 1. The Bertz CT molecular complexity index is 837. The van der Waals surface area contributed by atoms with Crippen LogP contribution >= 0.6 is 12.2 Å². The van der Waals surface area contributed by atoms with E-state index in [1.807, 2.05) is 4.68 Å². The van der Waals surface area contributed by atoms with Gasteiger partial charge in [0.25, 0.3) is 0 Å². The third-order valence-electron chi connectivity index (χ3n) is 5.43. The minimum absolute atomic E-state index is 0.531. The maximum Gasteiger partial charge on any atom is 0.226 e. The van der Waals surface area contributed by atoms with E-state index in [0.29, 0.717) is 5.92 Å². The fourth-order valence-electron chi connectivity index (χ4n) is 4.04. The third-order valence-corrected chi connectivity index (χ3v) is 5.86. The molecule has 1 unspecified atom stereocenters.